The first-order chi connectivity index (χ1) is 11.4. The standard InChI is InChI=1S/C12H36N7P2.ClHO4/c1-14(2)20(15(3)4,16(5)6)13-21(17(7)8,18(9)10)19(11)12;2-1(3,4)5/h1-12H3;(H,2,3,4,5)/q+1;/p-1. The SMILES string of the molecule is CN(C)P(=N[P+](N(C)C)(N(C)C)N(C)C)(N(C)C)N(C)C.[O-][Cl+3]([O-])([O-])[O-]. The Morgan fingerprint density at radius 3 is 0.885 bits per heavy atom. The van der Waals surface area contributed by atoms with Crippen molar-refractivity contribution in [2.45, 2.75) is 0 Å². The first kappa shape index (κ1) is 28.8. The Kier molecular flexibility index (Phi) is 12.1. The highest BCUT2D eigenvalue weighted by Gasteiger charge is 2.52. The first-order valence-electron chi connectivity index (χ1n) is 7.58. The topological polar surface area (TPSA) is 124 Å². The van der Waals surface area contributed by atoms with Crippen LogP contribution < -0.4 is 18.6 Å². The van der Waals surface area contributed by atoms with Crippen LogP contribution in [0.15, 0.2) is 4.52 Å². The molecule has 0 rings (SSSR count). The van der Waals surface area contributed by atoms with Crippen LogP contribution in [0.25, 0.3) is 0 Å². The van der Waals surface area contributed by atoms with Crippen LogP contribution in [0.4, 0.5) is 0 Å². The summed E-state index contributed by atoms with van der Waals surface area (Å²) in [5.41, 5.74) is 0. The molecule has 0 aromatic carbocycles. The minimum Gasteiger partial charge on any atom is -0.249 e. The Hall–Kier alpha value is 0.550. The minimum atomic E-state index is -4.94. The molecule has 0 aliphatic carbocycles. The van der Waals surface area contributed by atoms with Crippen LogP contribution >= 0.6 is 15.4 Å². The van der Waals surface area contributed by atoms with Crippen molar-refractivity contribution >= 4 is 15.4 Å². The van der Waals surface area contributed by atoms with Crippen molar-refractivity contribution < 1.29 is 28.9 Å². The van der Waals surface area contributed by atoms with Crippen molar-refractivity contribution in [3.05, 3.63) is 0 Å². The van der Waals surface area contributed by atoms with Gasteiger partial charge in [0.05, 0.1) is 0 Å². The van der Waals surface area contributed by atoms with Crippen LogP contribution in [-0.4, -0.2) is 113 Å². The fourth-order valence-electron chi connectivity index (χ4n) is 2.79. The molecule has 14 heteroatoms. The Balaban J connectivity index is 0. The number of halogens is 1. The lowest BCUT2D eigenvalue weighted by Crippen LogP contribution is -2.68. The maximum atomic E-state index is 8.49. The van der Waals surface area contributed by atoms with Crippen molar-refractivity contribution in [3.63, 3.8) is 0 Å². The molecular weight excluding hydrogens is 404 g/mol. The van der Waals surface area contributed by atoms with E-state index in [4.69, 9.17) is 23.2 Å². The molecule has 160 valence electrons. The van der Waals surface area contributed by atoms with E-state index in [-0.39, 0.29) is 0 Å². The molecule has 0 radical (unpaired) electrons. The summed E-state index contributed by atoms with van der Waals surface area (Å²) in [5.74, 6) is 0. The normalized spacial score (nSPS) is 13.9. The predicted molar refractivity (Wildman–Crippen MR) is 98.4 cm³/mol. The van der Waals surface area contributed by atoms with Crippen LogP contribution in [0, 0.1) is 10.2 Å². The van der Waals surface area contributed by atoms with Crippen LogP contribution in [-0.2, 0) is 0 Å². The van der Waals surface area contributed by atoms with Crippen LogP contribution in [0.3, 0.4) is 0 Å². The third-order valence-electron chi connectivity index (χ3n) is 3.46. The molecule has 0 aliphatic heterocycles. The molecule has 0 N–H and O–H groups in total. The van der Waals surface area contributed by atoms with Gasteiger partial charge in [-0.15, -0.1) is 24.3 Å². The lowest BCUT2D eigenvalue weighted by atomic mass is 11.2. The van der Waals surface area contributed by atoms with E-state index in [2.05, 4.69) is 113 Å². The largest absolute Gasteiger partial charge is 0.355 e. The van der Waals surface area contributed by atoms with E-state index in [9.17, 15) is 0 Å². The van der Waals surface area contributed by atoms with Crippen molar-refractivity contribution in [1.82, 2.24) is 28.0 Å². The summed E-state index contributed by atoms with van der Waals surface area (Å²) in [4.78, 5) is 0. The summed E-state index contributed by atoms with van der Waals surface area (Å²) < 4.78 is 53.1. The van der Waals surface area contributed by atoms with Gasteiger partial charge in [-0.2, -0.15) is 0 Å². The monoisotopic (exact) mass is 439 g/mol. The Morgan fingerprint density at radius 2 is 0.769 bits per heavy atom. The summed E-state index contributed by atoms with van der Waals surface area (Å²) in [6.07, 6.45) is 0. The molecule has 0 saturated heterocycles. The van der Waals surface area contributed by atoms with Gasteiger partial charge >= 0.3 is 7.87 Å². The van der Waals surface area contributed by atoms with Gasteiger partial charge in [-0.05, 0) is 46.8 Å². The molecule has 0 spiro atoms. The minimum absolute atomic E-state index is 1.95. The quantitative estimate of drug-likeness (QED) is 0.385. The Morgan fingerprint density at radius 1 is 0.577 bits per heavy atom. The number of hydrogen-bond donors (Lipinski definition) is 0. The molecule has 0 aliphatic rings. The predicted octanol–water partition coefficient (Wildman–Crippen LogP) is -2.78. The molecule has 0 fully saturated rings. The fourth-order valence-corrected chi connectivity index (χ4v) is 12.2. The lowest BCUT2D eigenvalue weighted by Gasteiger charge is -2.43. The molecule has 0 aromatic heterocycles. The smallest absolute Gasteiger partial charge is 0.249 e. The summed E-state index contributed by atoms with van der Waals surface area (Å²) >= 11 is 0. The van der Waals surface area contributed by atoms with Gasteiger partial charge in [0.2, 0.25) is 7.51 Å². The van der Waals surface area contributed by atoms with E-state index in [1.54, 1.807) is 0 Å². The van der Waals surface area contributed by atoms with Crippen molar-refractivity contribution in [1.29, 1.82) is 0 Å². The molecule has 0 bridgehead atoms. The second kappa shape index (κ2) is 10.9. The highest BCUT2D eigenvalue weighted by molar-refractivity contribution is 7.75. The summed E-state index contributed by atoms with van der Waals surface area (Å²) in [5, 5.41) is 0. The summed E-state index contributed by atoms with van der Waals surface area (Å²) in [7, 11) is 16.6. The molecule has 0 amide bonds. The van der Waals surface area contributed by atoms with Gasteiger partial charge in [0.15, 0.2) is 0 Å². The highest BCUT2D eigenvalue weighted by atomic mass is 35.7. The molecular formula is C12H36ClN7O4P2. The molecule has 11 nitrogen and oxygen atoms in total. The van der Waals surface area contributed by atoms with Crippen molar-refractivity contribution in [3.8, 4) is 0 Å². The molecule has 0 atom stereocenters. The lowest BCUT2D eigenvalue weighted by molar-refractivity contribution is -2.00. The molecule has 0 heterocycles. The average molecular weight is 440 g/mol. The second-order valence-corrected chi connectivity index (χ2v) is 15.0. The van der Waals surface area contributed by atoms with Crippen molar-refractivity contribution in [2.75, 3.05) is 84.6 Å². The van der Waals surface area contributed by atoms with Gasteiger partial charge < -0.3 is 0 Å². The Labute approximate surface area is 161 Å². The van der Waals surface area contributed by atoms with Crippen molar-refractivity contribution in [2.24, 2.45) is 4.52 Å². The number of rotatable bonds is 7. The molecule has 26 heavy (non-hydrogen) atoms. The van der Waals surface area contributed by atoms with E-state index in [0.717, 1.165) is 0 Å². The Bertz CT molecular complexity index is 415. The third-order valence-corrected chi connectivity index (χ3v) is 11.8. The van der Waals surface area contributed by atoms with Crippen LogP contribution in [0.2, 0.25) is 0 Å². The summed E-state index contributed by atoms with van der Waals surface area (Å²) in [6, 6.07) is 0. The van der Waals surface area contributed by atoms with E-state index >= 15 is 0 Å². The number of nitrogens with zero attached hydrogens (tertiary/aromatic N) is 7. The summed E-state index contributed by atoms with van der Waals surface area (Å²) in [6.45, 7) is 0. The number of hydrogen-bond acceptors (Lipinski definition) is 8. The zero-order chi connectivity index (χ0) is 21.7. The van der Waals surface area contributed by atoms with E-state index in [0.29, 0.717) is 0 Å². The van der Waals surface area contributed by atoms with Gasteiger partial charge in [0.25, 0.3) is 0 Å². The van der Waals surface area contributed by atoms with Crippen LogP contribution in [0.5, 0.6) is 0 Å². The second-order valence-electron chi connectivity index (χ2n) is 6.62. The fraction of sp³-hybridized carbons (Fsp3) is 1.00. The van der Waals surface area contributed by atoms with Gasteiger partial charge in [0.1, 0.15) is 0 Å². The van der Waals surface area contributed by atoms with E-state index < -0.39 is 25.6 Å². The zero-order valence-corrected chi connectivity index (χ0v) is 20.6. The molecule has 0 unspecified atom stereocenters. The highest BCUT2D eigenvalue weighted by Crippen LogP contribution is 2.73. The van der Waals surface area contributed by atoms with Gasteiger partial charge in [-0.1, -0.05) is 0 Å². The maximum absolute atomic E-state index is 8.49. The molecule has 0 saturated carbocycles. The maximum Gasteiger partial charge on any atom is 0.355 e. The van der Waals surface area contributed by atoms with Gasteiger partial charge in [-0.3, -0.25) is 0 Å². The van der Waals surface area contributed by atoms with Gasteiger partial charge in [0, 0.05) is 42.3 Å². The first-order valence-corrected chi connectivity index (χ1v) is 12.0. The van der Waals surface area contributed by atoms with Crippen LogP contribution in [0.1, 0.15) is 0 Å². The zero-order valence-electron chi connectivity index (χ0n) is 18.0. The van der Waals surface area contributed by atoms with E-state index in [1.165, 1.54) is 0 Å². The average Bonchev–Trinajstić information content (AvgIpc) is 2.34. The molecule has 0 aromatic rings. The third kappa shape index (κ3) is 7.52. The van der Waals surface area contributed by atoms with E-state index in [1.807, 2.05) is 0 Å². The van der Waals surface area contributed by atoms with Gasteiger partial charge in [-0.25, -0.2) is 32.6 Å².